The van der Waals surface area contributed by atoms with Gasteiger partial charge in [0.2, 0.25) is 5.91 Å². The van der Waals surface area contributed by atoms with Crippen molar-refractivity contribution in [2.75, 3.05) is 6.61 Å². The Balaban J connectivity index is 0.00000784. The van der Waals surface area contributed by atoms with Gasteiger partial charge >= 0.3 is 35.5 Å². The Morgan fingerprint density at radius 1 is 0.931 bits per heavy atom. The molecule has 0 bridgehead atoms. The number of carbonyl (C=O) groups excluding carboxylic acids is 2. The second-order valence-electron chi connectivity index (χ2n) is 7.30. The molecule has 1 unspecified atom stereocenters. The number of ether oxygens (including phenoxy) is 1. The molecule has 0 aromatic heterocycles. The third kappa shape index (κ3) is 13.7. The molecule has 0 saturated carbocycles. The molecule has 0 aliphatic heterocycles. The number of hydrogen-bond acceptors (Lipinski definition) is 4. The number of benzene rings is 1. The van der Waals surface area contributed by atoms with Crippen LogP contribution in [0.15, 0.2) is 24.3 Å². The smallest absolute Gasteiger partial charge is 0.872 e. The summed E-state index contributed by atoms with van der Waals surface area (Å²) in [7, 11) is 0. The van der Waals surface area contributed by atoms with E-state index in [0.717, 1.165) is 24.8 Å². The molecule has 158 valence electrons. The Morgan fingerprint density at radius 3 is 2.03 bits per heavy atom. The Bertz CT molecular complexity index is 563. The van der Waals surface area contributed by atoms with Crippen molar-refractivity contribution in [3.05, 3.63) is 29.8 Å². The molecule has 1 atom stereocenters. The molecular formula is C23H36NNaO4. The van der Waals surface area contributed by atoms with Gasteiger partial charge in [0.05, 0.1) is 6.61 Å². The van der Waals surface area contributed by atoms with Gasteiger partial charge in [-0.2, -0.15) is 0 Å². The van der Waals surface area contributed by atoms with E-state index in [1.807, 2.05) is 0 Å². The molecule has 0 fully saturated rings. The van der Waals surface area contributed by atoms with E-state index in [0.29, 0.717) is 12.8 Å². The van der Waals surface area contributed by atoms with E-state index >= 15 is 0 Å². The molecule has 6 heteroatoms. The Morgan fingerprint density at radius 2 is 1.48 bits per heavy atom. The Labute approximate surface area is 198 Å². The minimum atomic E-state index is -0.719. The van der Waals surface area contributed by atoms with Gasteiger partial charge in [-0.15, -0.1) is 5.75 Å². The van der Waals surface area contributed by atoms with E-state index in [4.69, 9.17) is 4.74 Å². The van der Waals surface area contributed by atoms with Gasteiger partial charge in [0.25, 0.3) is 0 Å². The molecule has 0 radical (unpaired) electrons. The van der Waals surface area contributed by atoms with Crippen molar-refractivity contribution in [2.24, 2.45) is 0 Å². The van der Waals surface area contributed by atoms with E-state index in [9.17, 15) is 14.7 Å². The van der Waals surface area contributed by atoms with E-state index in [-0.39, 0.29) is 47.8 Å². The number of rotatable bonds is 15. The average molecular weight is 414 g/mol. The summed E-state index contributed by atoms with van der Waals surface area (Å²) in [5.41, 5.74) is 0.820. The number of nitrogens with one attached hydrogen (secondary N) is 1. The molecule has 0 aliphatic rings. The van der Waals surface area contributed by atoms with Crippen molar-refractivity contribution in [3.8, 4) is 5.75 Å². The fourth-order valence-electron chi connectivity index (χ4n) is 3.16. The van der Waals surface area contributed by atoms with Gasteiger partial charge in [-0.3, -0.25) is 4.79 Å². The predicted molar refractivity (Wildman–Crippen MR) is 110 cm³/mol. The largest absolute Gasteiger partial charge is 1.00 e. The third-order valence-electron chi connectivity index (χ3n) is 4.78. The van der Waals surface area contributed by atoms with Gasteiger partial charge < -0.3 is 15.2 Å². The summed E-state index contributed by atoms with van der Waals surface area (Å²) in [5, 5.41) is 14.0. The standard InChI is InChI=1S/C23H37NO4.Na/c1-3-5-6-7-8-9-10-11-12-13-22(26)24-21(23(27)28-4-2)18-19-14-16-20(25)17-15-19;/h14-17,21,25H,3-13,18H2,1-2H3,(H,24,26);/q;+1/p-1. The number of amides is 1. The Hall–Kier alpha value is -1.04. The first-order valence-corrected chi connectivity index (χ1v) is 10.8. The van der Waals surface area contributed by atoms with Gasteiger partial charge in [-0.1, -0.05) is 82.6 Å². The molecule has 0 heterocycles. The van der Waals surface area contributed by atoms with E-state index in [2.05, 4.69) is 12.2 Å². The fraction of sp³-hybridized carbons (Fsp3) is 0.652. The zero-order valence-corrected chi connectivity index (χ0v) is 20.5. The molecule has 29 heavy (non-hydrogen) atoms. The topological polar surface area (TPSA) is 78.5 Å². The van der Waals surface area contributed by atoms with Crippen molar-refractivity contribution in [3.63, 3.8) is 0 Å². The van der Waals surface area contributed by atoms with E-state index < -0.39 is 12.0 Å². The molecule has 0 aliphatic carbocycles. The first-order chi connectivity index (χ1) is 13.6. The maximum Gasteiger partial charge on any atom is 1.00 e. The van der Waals surface area contributed by atoms with Crippen LogP contribution in [0.25, 0.3) is 0 Å². The summed E-state index contributed by atoms with van der Waals surface area (Å²) in [6.07, 6.45) is 11.5. The van der Waals surface area contributed by atoms with Crippen LogP contribution in [0.5, 0.6) is 5.75 Å². The summed E-state index contributed by atoms with van der Waals surface area (Å²) in [4.78, 5) is 24.4. The zero-order valence-electron chi connectivity index (χ0n) is 18.5. The van der Waals surface area contributed by atoms with Crippen molar-refractivity contribution in [1.29, 1.82) is 0 Å². The van der Waals surface area contributed by atoms with Crippen LogP contribution >= 0.6 is 0 Å². The minimum Gasteiger partial charge on any atom is -0.872 e. The van der Waals surface area contributed by atoms with Crippen LogP contribution in [0.1, 0.15) is 83.6 Å². The Kier molecular flexibility index (Phi) is 17.1. The van der Waals surface area contributed by atoms with Crippen molar-refractivity contribution in [2.45, 2.75) is 90.5 Å². The first kappa shape index (κ1) is 28.0. The van der Waals surface area contributed by atoms with Crippen LogP contribution in [0.2, 0.25) is 0 Å². The summed E-state index contributed by atoms with van der Waals surface area (Å²) >= 11 is 0. The van der Waals surface area contributed by atoms with Crippen LogP contribution < -0.4 is 40.0 Å². The van der Waals surface area contributed by atoms with Crippen molar-refractivity contribution >= 4 is 11.9 Å². The molecule has 1 amide bonds. The molecular weight excluding hydrogens is 377 g/mol. The van der Waals surface area contributed by atoms with Crippen molar-refractivity contribution in [1.82, 2.24) is 5.32 Å². The van der Waals surface area contributed by atoms with Gasteiger partial charge in [0.15, 0.2) is 0 Å². The fourth-order valence-corrected chi connectivity index (χ4v) is 3.16. The second-order valence-corrected chi connectivity index (χ2v) is 7.30. The summed E-state index contributed by atoms with van der Waals surface area (Å²) in [6, 6.07) is 5.56. The number of carbonyl (C=O) groups is 2. The molecule has 0 saturated heterocycles. The number of unbranched alkanes of at least 4 members (excludes halogenated alkanes) is 8. The van der Waals surface area contributed by atoms with Crippen LogP contribution in [-0.2, 0) is 20.7 Å². The SMILES string of the molecule is CCCCCCCCCCCC(=O)NC(Cc1ccc([O-])cc1)C(=O)OCC.[Na+]. The van der Waals surface area contributed by atoms with Gasteiger partial charge in [-0.25, -0.2) is 4.79 Å². The third-order valence-corrected chi connectivity index (χ3v) is 4.78. The maximum absolute atomic E-state index is 12.2. The number of hydrogen-bond donors (Lipinski definition) is 1. The van der Waals surface area contributed by atoms with Gasteiger partial charge in [0.1, 0.15) is 6.04 Å². The van der Waals surface area contributed by atoms with Crippen LogP contribution in [-0.4, -0.2) is 24.5 Å². The van der Waals surface area contributed by atoms with Crippen LogP contribution in [0.3, 0.4) is 0 Å². The normalized spacial score (nSPS) is 11.4. The van der Waals surface area contributed by atoms with Gasteiger partial charge in [0, 0.05) is 12.8 Å². The van der Waals surface area contributed by atoms with Crippen LogP contribution in [0.4, 0.5) is 0 Å². The summed E-state index contributed by atoms with van der Waals surface area (Å²) < 4.78 is 5.08. The molecule has 1 N–H and O–H groups in total. The molecule has 1 aromatic carbocycles. The molecule has 1 rings (SSSR count). The molecule has 1 aromatic rings. The minimum absolute atomic E-state index is 0. The maximum atomic E-state index is 12.2. The number of esters is 1. The first-order valence-electron chi connectivity index (χ1n) is 10.8. The second kappa shape index (κ2) is 17.8. The zero-order chi connectivity index (χ0) is 20.6. The van der Waals surface area contributed by atoms with Gasteiger partial charge in [-0.05, 0) is 18.9 Å². The quantitative estimate of drug-likeness (QED) is 0.267. The van der Waals surface area contributed by atoms with E-state index in [1.54, 1.807) is 19.1 Å². The molecule has 5 nitrogen and oxygen atoms in total. The predicted octanol–water partition coefficient (Wildman–Crippen LogP) is 1.28. The average Bonchev–Trinajstić information content (AvgIpc) is 2.68. The van der Waals surface area contributed by atoms with Crippen molar-refractivity contribution < 1.29 is 49.0 Å². The summed E-state index contributed by atoms with van der Waals surface area (Å²) in [5.74, 6) is -0.638. The van der Waals surface area contributed by atoms with Crippen LogP contribution in [0, 0.1) is 0 Å². The summed E-state index contributed by atoms with van der Waals surface area (Å²) in [6.45, 7) is 4.23. The monoisotopic (exact) mass is 413 g/mol. The molecule has 0 spiro atoms. The van der Waals surface area contributed by atoms with E-state index in [1.165, 1.54) is 50.7 Å².